The molecule has 0 aromatic heterocycles. The van der Waals surface area contributed by atoms with Crippen LogP contribution in [0.2, 0.25) is 0 Å². The minimum Gasteiger partial charge on any atom is -0.389 e. The summed E-state index contributed by atoms with van der Waals surface area (Å²) in [4.78, 5) is 2.24. The molecule has 0 rings (SSSR count). The molecule has 0 aliphatic rings. The molecule has 0 atom stereocenters. The molecule has 0 radical (unpaired) electrons. The van der Waals surface area contributed by atoms with Gasteiger partial charge in [-0.25, -0.2) is 0 Å². The molecule has 0 aliphatic heterocycles. The van der Waals surface area contributed by atoms with Gasteiger partial charge < -0.3 is 10.0 Å². The maximum Gasteiger partial charge on any atom is 0.0718 e. The second-order valence-electron chi connectivity index (χ2n) is 4.20. The molecule has 0 saturated heterocycles. The van der Waals surface area contributed by atoms with Gasteiger partial charge in [0.1, 0.15) is 0 Å². The van der Waals surface area contributed by atoms with Crippen LogP contribution in [-0.4, -0.2) is 35.2 Å². The largest absolute Gasteiger partial charge is 0.389 e. The molecule has 0 bridgehead atoms. The normalized spacial score (nSPS) is 13.0. The average Bonchev–Trinajstić information content (AvgIpc) is 1.85. The molecule has 2 nitrogen and oxygen atoms in total. The van der Waals surface area contributed by atoms with Crippen molar-refractivity contribution in [3.63, 3.8) is 0 Å². The Morgan fingerprint density at radius 2 is 1.67 bits per heavy atom. The summed E-state index contributed by atoms with van der Waals surface area (Å²) in [5.74, 6) is 0. The van der Waals surface area contributed by atoms with Crippen molar-refractivity contribution in [3.05, 3.63) is 0 Å². The SMILES string of the molecule is CCC(CC)N(C)CC(C)(C)O. The van der Waals surface area contributed by atoms with Gasteiger partial charge in [0.05, 0.1) is 5.60 Å². The van der Waals surface area contributed by atoms with Crippen molar-refractivity contribution < 1.29 is 5.11 Å². The predicted molar refractivity (Wildman–Crippen MR) is 53.3 cm³/mol. The second-order valence-corrected chi connectivity index (χ2v) is 4.20. The van der Waals surface area contributed by atoms with Gasteiger partial charge in [-0.05, 0) is 33.7 Å². The van der Waals surface area contributed by atoms with Gasteiger partial charge in [0.2, 0.25) is 0 Å². The zero-order valence-corrected chi connectivity index (χ0v) is 9.09. The third-order valence-corrected chi connectivity index (χ3v) is 2.20. The fourth-order valence-corrected chi connectivity index (χ4v) is 1.65. The summed E-state index contributed by atoms with van der Waals surface area (Å²) in [6, 6.07) is 0.608. The Kier molecular flexibility index (Phi) is 4.80. The Balaban J connectivity index is 3.92. The molecular weight excluding hydrogens is 150 g/mol. The van der Waals surface area contributed by atoms with Crippen LogP contribution in [0, 0.1) is 0 Å². The first-order valence-corrected chi connectivity index (χ1v) is 4.83. The molecule has 74 valence electrons. The van der Waals surface area contributed by atoms with Crippen LogP contribution < -0.4 is 0 Å². The van der Waals surface area contributed by atoms with Crippen LogP contribution in [0.3, 0.4) is 0 Å². The van der Waals surface area contributed by atoms with E-state index in [1.54, 1.807) is 0 Å². The van der Waals surface area contributed by atoms with E-state index in [9.17, 15) is 5.11 Å². The smallest absolute Gasteiger partial charge is 0.0718 e. The molecule has 2 heteroatoms. The van der Waals surface area contributed by atoms with E-state index in [0.717, 1.165) is 19.4 Å². The summed E-state index contributed by atoms with van der Waals surface area (Å²) in [5, 5.41) is 9.59. The van der Waals surface area contributed by atoms with Crippen molar-refractivity contribution in [1.82, 2.24) is 4.90 Å². The van der Waals surface area contributed by atoms with Crippen molar-refractivity contribution in [2.75, 3.05) is 13.6 Å². The molecule has 0 fully saturated rings. The van der Waals surface area contributed by atoms with E-state index in [1.807, 2.05) is 13.8 Å². The van der Waals surface area contributed by atoms with E-state index in [2.05, 4.69) is 25.8 Å². The number of nitrogens with zero attached hydrogens (tertiary/aromatic N) is 1. The molecule has 0 aromatic carbocycles. The molecule has 12 heavy (non-hydrogen) atoms. The van der Waals surface area contributed by atoms with Crippen molar-refractivity contribution in [2.24, 2.45) is 0 Å². The van der Waals surface area contributed by atoms with Gasteiger partial charge in [-0.15, -0.1) is 0 Å². The highest BCUT2D eigenvalue weighted by Gasteiger charge is 2.19. The maximum atomic E-state index is 9.59. The van der Waals surface area contributed by atoms with Crippen LogP contribution in [-0.2, 0) is 0 Å². The predicted octanol–water partition coefficient (Wildman–Crippen LogP) is 1.88. The fraction of sp³-hybridized carbons (Fsp3) is 1.00. The molecule has 0 aromatic rings. The minimum absolute atomic E-state index is 0.572. The third-order valence-electron chi connectivity index (χ3n) is 2.20. The van der Waals surface area contributed by atoms with E-state index < -0.39 is 5.60 Å². The van der Waals surface area contributed by atoms with Gasteiger partial charge >= 0.3 is 0 Å². The van der Waals surface area contributed by atoms with Crippen molar-refractivity contribution in [3.8, 4) is 0 Å². The molecule has 0 spiro atoms. The molecule has 0 amide bonds. The van der Waals surface area contributed by atoms with Crippen molar-refractivity contribution >= 4 is 0 Å². The van der Waals surface area contributed by atoms with Crippen LogP contribution in [0.1, 0.15) is 40.5 Å². The molecule has 1 N–H and O–H groups in total. The van der Waals surface area contributed by atoms with Crippen LogP contribution in [0.15, 0.2) is 0 Å². The highest BCUT2D eigenvalue weighted by Crippen LogP contribution is 2.10. The lowest BCUT2D eigenvalue weighted by Gasteiger charge is -2.31. The minimum atomic E-state index is -0.572. The Morgan fingerprint density at radius 1 is 1.25 bits per heavy atom. The summed E-state index contributed by atoms with van der Waals surface area (Å²) >= 11 is 0. The fourth-order valence-electron chi connectivity index (χ4n) is 1.65. The summed E-state index contributed by atoms with van der Waals surface area (Å²) in [6.07, 6.45) is 2.31. The van der Waals surface area contributed by atoms with Crippen molar-refractivity contribution in [2.45, 2.75) is 52.2 Å². The van der Waals surface area contributed by atoms with Gasteiger partial charge in [-0.2, -0.15) is 0 Å². The summed E-state index contributed by atoms with van der Waals surface area (Å²) in [5.41, 5.74) is -0.572. The zero-order valence-electron chi connectivity index (χ0n) is 9.09. The first kappa shape index (κ1) is 11.9. The second kappa shape index (κ2) is 4.83. The quantitative estimate of drug-likeness (QED) is 0.686. The van der Waals surface area contributed by atoms with E-state index in [-0.39, 0.29) is 0 Å². The summed E-state index contributed by atoms with van der Waals surface area (Å²) in [7, 11) is 2.08. The molecular formula is C10H23NO. The van der Waals surface area contributed by atoms with Crippen LogP contribution in [0.5, 0.6) is 0 Å². The average molecular weight is 173 g/mol. The molecule has 0 saturated carbocycles. The van der Waals surface area contributed by atoms with E-state index in [1.165, 1.54) is 0 Å². The van der Waals surface area contributed by atoms with Crippen LogP contribution >= 0.6 is 0 Å². The monoisotopic (exact) mass is 173 g/mol. The topological polar surface area (TPSA) is 23.5 Å². The highest BCUT2D eigenvalue weighted by molar-refractivity contribution is 4.74. The van der Waals surface area contributed by atoms with Crippen molar-refractivity contribution in [1.29, 1.82) is 0 Å². The Labute approximate surface area is 76.6 Å². The lowest BCUT2D eigenvalue weighted by atomic mass is 10.1. The Morgan fingerprint density at radius 3 is 1.92 bits per heavy atom. The van der Waals surface area contributed by atoms with Gasteiger partial charge in [0.15, 0.2) is 0 Å². The maximum absolute atomic E-state index is 9.59. The number of aliphatic hydroxyl groups is 1. The number of hydrogen-bond acceptors (Lipinski definition) is 2. The first-order chi connectivity index (χ1) is 5.40. The van der Waals surface area contributed by atoms with E-state index >= 15 is 0 Å². The summed E-state index contributed by atoms with van der Waals surface area (Å²) < 4.78 is 0. The Hall–Kier alpha value is -0.0800. The first-order valence-electron chi connectivity index (χ1n) is 4.83. The molecule has 0 unspecified atom stereocenters. The number of likely N-dealkylation sites (N-methyl/N-ethyl adjacent to an activating group) is 1. The van der Waals surface area contributed by atoms with Gasteiger partial charge in [-0.1, -0.05) is 13.8 Å². The highest BCUT2D eigenvalue weighted by atomic mass is 16.3. The van der Waals surface area contributed by atoms with Gasteiger partial charge in [-0.3, -0.25) is 0 Å². The molecule has 0 aliphatic carbocycles. The van der Waals surface area contributed by atoms with Crippen LogP contribution in [0.25, 0.3) is 0 Å². The third kappa shape index (κ3) is 4.73. The number of hydrogen-bond donors (Lipinski definition) is 1. The number of rotatable bonds is 5. The summed E-state index contributed by atoms with van der Waals surface area (Å²) in [6.45, 7) is 8.83. The lowest BCUT2D eigenvalue weighted by Crippen LogP contribution is -2.41. The standard InChI is InChI=1S/C10H23NO/c1-6-9(7-2)11(5)8-10(3,4)12/h9,12H,6-8H2,1-5H3. The Bertz CT molecular complexity index is 113. The van der Waals surface area contributed by atoms with Crippen LogP contribution in [0.4, 0.5) is 0 Å². The van der Waals surface area contributed by atoms with E-state index in [4.69, 9.17) is 0 Å². The lowest BCUT2D eigenvalue weighted by molar-refractivity contribution is 0.0300. The van der Waals surface area contributed by atoms with E-state index in [0.29, 0.717) is 6.04 Å². The van der Waals surface area contributed by atoms with Gasteiger partial charge in [0, 0.05) is 12.6 Å². The molecule has 0 heterocycles. The zero-order chi connectivity index (χ0) is 9.78. The van der Waals surface area contributed by atoms with Gasteiger partial charge in [0.25, 0.3) is 0 Å².